The first-order valence-corrected chi connectivity index (χ1v) is 6.78. The molecule has 4 nitrogen and oxygen atoms in total. The molecule has 1 aromatic rings. The van der Waals surface area contributed by atoms with Gasteiger partial charge in [-0.3, -0.25) is 5.10 Å². The summed E-state index contributed by atoms with van der Waals surface area (Å²) in [5, 5.41) is 10.5. The van der Waals surface area contributed by atoms with Crippen LogP contribution in [0.4, 0.5) is 0 Å². The number of likely N-dealkylation sites (tertiary alicyclic amines) is 1. The Morgan fingerprint density at radius 1 is 1.35 bits per heavy atom. The van der Waals surface area contributed by atoms with E-state index in [4.69, 9.17) is 0 Å². The summed E-state index contributed by atoms with van der Waals surface area (Å²) < 4.78 is 0. The van der Waals surface area contributed by atoms with Crippen LogP contribution in [0.15, 0.2) is 6.20 Å². The third-order valence-electron chi connectivity index (χ3n) is 3.53. The van der Waals surface area contributed by atoms with Crippen molar-refractivity contribution in [3.8, 4) is 0 Å². The molecule has 4 heteroatoms. The van der Waals surface area contributed by atoms with Crippen LogP contribution in [-0.4, -0.2) is 41.3 Å². The zero-order chi connectivity index (χ0) is 11.9. The Bertz CT molecular complexity index is 315. The Balaban J connectivity index is 1.53. The number of hydrogen-bond donors (Lipinski definition) is 2. The lowest BCUT2D eigenvalue weighted by molar-refractivity contribution is 0.225. The first kappa shape index (κ1) is 12.6. The highest BCUT2D eigenvalue weighted by atomic mass is 15.1. The highest BCUT2D eigenvalue weighted by Gasteiger charge is 2.08. The lowest BCUT2D eigenvalue weighted by Crippen LogP contribution is -2.32. The summed E-state index contributed by atoms with van der Waals surface area (Å²) in [6.07, 6.45) is 7.36. The molecule has 0 saturated carbocycles. The second-order valence-corrected chi connectivity index (χ2v) is 4.95. The van der Waals surface area contributed by atoms with Crippen LogP contribution in [0, 0.1) is 6.92 Å². The van der Waals surface area contributed by atoms with Crippen LogP contribution in [-0.2, 0) is 6.54 Å². The minimum absolute atomic E-state index is 0.933. The van der Waals surface area contributed by atoms with Gasteiger partial charge < -0.3 is 10.2 Å². The van der Waals surface area contributed by atoms with Gasteiger partial charge in [0.05, 0.1) is 6.20 Å². The van der Waals surface area contributed by atoms with Gasteiger partial charge in [-0.25, -0.2) is 0 Å². The first-order chi connectivity index (χ1) is 8.36. The lowest BCUT2D eigenvalue weighted by atomic mass is 10.1. The van der Waals surface area contributed by atoms with E-state index < -0.39 is 0 Å². The molecule has 0 atom stereocenters. The van der Waals surface area contributed by atoms with Crippen molar-refractivity contribution < 1.29 is 0 Å². The number of rotatable bonds is 6. The maximum Gasteiger partial charge on any atom is 0.0535 e. The number of nitrogens with zero attached hydrogens (tertiary/aromatic N) is 2. The largest absolute Gasteiger partial charge is 0.312 e. The van der Waals surface area contributed by atoms with Crippen molar-refractivity contribution >= 4 is 0 Å². The van der Waals surface area contributed by atoms with Crippen molar-refractivity contribution in [2.24, 2.45) is 0 Å². The number of aryl methyl sites for hydroxylation is 1. The molecule has 1 aliphatic heterocycles. The van der Waals surface area contributed by atoms with Gasteiger partial charge in [-0.05, 0) is 52.4 Å². The van der Waals surface area contributed by atoms with Crippen molar-refractivity contribution in [2.45, 2.75) is 39.2 Å². The molecule has 2 rings (SSSR count). The Hall–Kier alpha value is -0.870. The Morgan fingerprint density at radius 3 is 2.88 bits per heavy atom. The molecule has 0 aliphatic carbocycles. The van der Waals surface area contributed by atoms with E-state index in [1.807, 2.05) is 6.20 Å². The van der Waals surface area contributed by atoms with Gasteiger partial charge in [-0.1, -0.05) is 6.42 Å². The number of hydrogen-bond acceptors (Lipinski definition) is 3. The average molecular weight is 236 g/mol. The van der Waals surface area contributed by atoms with Gasteiger partial charge in [0.1, 0.15) is 0 Å². The van der Waals surface area contributed by atoms with E-state index in [0.29, 0.717) is 0 Å². The van der Waals surface area contributed by atoms with Gasteiger partial charge in [0.2, 0.25) is 0 Å². The Morgan fingerprint density at radius 2 is 2.18 bits per heavy atom. The molecule has 0 amide bonds. The third kappa shape index (κ3) is 4.13. The first-order valence-electron chi connectivity index (χ1n) is 6.78. The van der Waals surface area contributed by atoms with Crippen LogP contribution in [0.5, 0.6) is 0 Å². The van der Waals surface area contributed by atoms with Crippen molar-refractivity contribution in [1.29, 1.82) is 0 Å². The topological polar surface area (TPSA) is 44.0 Å². The third-order valence-corrected chi connectivity index (χ3v) is 3.53. The molecule has 2 N–H and O–H groups in total. The van der Waals surface area contributed by atoms with Gasteiger partial charge in [-0.2, -0.15) is 5.10 Å². The maximum atomic E-state index is 4.02. The van der Waals surface area contributed by atoms with E-state index in [9.17, 15) is 0 Å². The van der Waals surface area contributed by atoms with Crippen LogP contribution in [0.3, 0.4) is 0 Å². The van der Waals surface area contributed by atoms with Crippen LogP contribution >= 0.6 is 0 Å². The van der Waals surface area contributed by atoms with E-state index in [-0.39, 0.29) is 0 Å². The summed E-state index contributed by atoms with van der Waals surface area (Å²) in [5.74, 6) is 0. The lowest BCUT2D eigenvalue weighted by Gasteiger charge is -2.26. The summed E-state index contributed by atoms with van der Waals surface area (Å²) in [6.45, 7) is 7.96. The van der Waals surface area contributed by atoms with Gasteiger partial charge >= 0.3 is 0 Å². The molecule has 17 heavy (non-hydrogen) atoms. The molecule has 0 unspecified atom stereocenters. The van der Waals surface area contributed by atoms with E-state index in [1.54, 1.807) is 0 Å². The second-order valence-electron chi connectivity index (χ2n) is 4.95. The molecule has 1 aliphatic rings. The monoisotopic (exact) mass is 236 g/mol. The van der Waals surface area contributed by atoms with Crippen molar-refractivity contribution in [3.63, 3.8) is 0 Å². The summed E-state index contributed by atoms with van der Waals surface area (Å²) in [4.78, 5) is 2.59. The van der Waals surface area contributed by atoms with E-state index in [2.05, 4.69) is 27.3 Å². The Labute approximate surface area is 104 Å². The molecule has 1 aromatic heterocycles. The van der Waals surface area contributed by atoms with Crippen molar-refractivity contribution in [2.75, 3.05) is 26.2 Å². The van der Waals surface area contributed by atoms with Gasteiger partial charge in [0.15, 0.2) is 0 Å². The summed E-state index contributed by atoms with van der Waals surface area (Å²) >= 11 is 0. The second kappa shape index (κ2) is 6.77. The van der Waals surface area contributed by atoms with E-state index in [1.165, 1.54) is 56.6 Å². The number of aromatic nitrogens is 2. The smallest absolute Gasteiger partial charge is 0.0535 e. The maximum absolute atomic E-state index is 4.02. The minimum Gasteiger partial charge on any atom is -0.312 e. The van der Waals surface area contributed by atoms with Gasteiger partial charge in [0.25, 0.3) is 0 Å². The number of nitrogens with one attached hydrogen (secondary N) is 2. The van der Waals surface area contributed by atoms with Gasteiger partial charge in [0, 0.05) is 17.8 Å². The Kier molecular flexibility index (Phi) is 5.01. The van der Waals surface area contributed by atoms with Gasteiger partial charge in [-0.15, -0.1) is 0 Å². The number of aromatic amines is 1. The quantitative estimate of drug-likeness (QED) is 0.739. The molecular formula is C13H24N4. The standard InChI is InChI=1S/C13H24N4/c1-12-13(11-15-16-12)10-14-6-5-9-17-7-3-2-4-8-17/h11,14H,2-10H2,1H3,(H,15,16). The molecule has 0 aromatic carbocycles. The van der Waals surface area contributed by atoms with E-state index >= 15 is 0 Å². The normalized spacial score (nSPS) is 17.5. The van der Waals surface area contributed by atoms with Crippen molar-refractivity contribution in [1.82, 2.24) is 20.4 Å². The molecule has 96 valence electrons. The zero-order valence-electron chi connectivity index (χ0n) is 10.8. The number of H-pyrrole nitrogens is 1. The molecule has 2 heterocycles. The molecule has 0 bridgehead atoms. The highest BCUT2D eigenvalue weighted by Crippen LogP contribution is 2.08. The summed E-state index contributed by atoms with van der Waals surface area (Å²) in [5.41, 5.74) is 2.46. The molecule has 0 spiro atoms. The highest BCUT2D eigenvalue weighted by molar-refractivity contribution is 5.13. The van der Waals surface area contributed by atoms with E-state index in [0.717, 1.165) is 13.1 Å². The number of piperidine rings is 1. The molecule has 1 fully saturated rings. The SMILES string of the molecule is Cc1[nH]ncc1CNCCCN1CCCCC1. The van der Waals surface area contributed by atoms with Crippen LogP contribution < -0.4 is 5.32 Å². The van der Waals surface area contributed by atoms with Crippen molar-refractivity contribution in [3.05, 3.63) is 17.5 Å². The summed E-state index contributed by atoms with van der Waals surface area (Å²) in [7, 11) is 0. The fourth-order valence-corrected chi connectivity index (χ4v) is 2.39. The minimum atomic E-state index is 0.933. The molecular weight excluding hydrogens is 212 g/mol. The predicted molar refractivity (Wildman–Crippen MR) is 69.9 cm³/mol. The molecule has 0 radical (unpaired) electrons. The fraction of sp³-hybridized carbons (Fsp3) is 0.769. The fourth-order valence-electron chi connectivity index (χ4n) is 2.39. The molecule has 1 saturated heterocycles. The van der Waals surface area contributed by atoms with Crippen LogP contribution in [0.1, 0.15) is 36.9 Å². The van der Waals surface area contributed by atoms with Crippen LogP contribution in [0.25, 0.3) is 0 Å². The van der Waals surface area contributed by atoms with Crippen LogP contribution in [0.2, 0.25) is 0 Å². The average Bonchev–Trinajstić information content (AvgIpc) is 2.76. The summed E-state index contributed by atoms with van der Waals surface area (Å²) in [6, 6.07) is 0. The predicted octanol–water partition coefficient (Wildman–Crippen LogP) is 1.68. The zero-order valence-corrected chi connectivity index (χ0v) is 10.8.